The minimum absolute atomic E-state index is 0.0143. The minimum Gasteiger partial charge on any atom is -0.323 e. The Kier molecular flexibility index (Phi) is 4.42. The summed E-state index contributed by atoms with van der Waals surface area (Å²) >= 11 is 1.17. The molecule has 2 heterocycles. The van der Waals surface area contributed by atoms with Crippen molar-refractivity contribution in [1.82, 2.24) is 18.5 Å². The van der Waals surface area contributed by atoms with E-state index in [1.165, 1.54) is 11.7 Å². The molecule has 1 saturated heterocycles. The van der Waals surface area contributed by atoms with Gasteiger partial charge in [-0.3, -0.25) is 9.69 Å². The molecule has 1 amide bonds. The zero-order valence-electron chi connectivity index (χ0n) is 12.1. The van der Waals surface area contributed by atoms with Gasteiger partial charge in [0, 0.05) is 26.2 Å². The first-order valence-corrected chi connectivity index (χ1v) is 7.95. The van der Waals surface area contributed by atoms with Crippen LogP contribution in [0.3, 0.4) is 0 Å². The Hall–Kier alpha value is -1.57. The van der Waals surface area contributed by atoms with Gasteiger partial charge in [0.2, 0.25) is 5.91 Å². The Morgan fingerprint density at radius 2 is 2.00 bits per heavy atom. The van der Waals surface area contributed by atoms with Gasteiger partial charge in [-0.25, -0.2) is 0 Å². The molecule has 0 aliphatic carbocycles. The van der Waals surface area contributed by atoms with E-state index in [1.807, 2.05) is 18.2 Å². The summed E-state index contributed by atoms with van der Waals surface area (Å²) in [6.45, 7) is 7.66. The van der Waals surface area contributed by atoms with E-state index in [1.54, 1.807) is 0 Å². The highest BCUT2D eigenvalue weighted by Crippen LogP contribution is 2.21. The number of benzene rings is 1. The van der Waals surface area contributed by atoms with Gasteiger partial charge >= 0.3 is 0 Å². The number of fused-ring (bicyclic) bond motifs is 1. The number of nitrogens with zero attached hydrogens (tertiary/aromatic N) is 4. The van der Waals surface area contributed by atoms with Crippen molar-refractivity contribution in [2.45, 2.75) is 6.92 Å². The molecule has 1 aliphatic rings. The normalized spacial score (nSPS) is 17.2. The molecule has 1 N–H and O–H groups in total. The highest BCUT2D eigenvalue weighted by atomic mass is 32.1. The number of hydrogen-bond donors (Lipinski definition) is 1. The van der Waals surface area contributed by atoms with Gasteiger partial charge in [-0.1, -0.05) is 13.0 Å². The van der Waals surface area contributed by atoms with Crippen LogP contribution >= 0.6 is 11.7 Å². The van der Waals surface area contributed by atoms with Crippen molar-refractivity contribution in [1.29, 1.82) is 0 Å². The van der Waals surface area contributed by atoms with Gasteiger partial charge < -0.3 is 10.2 Å². The monoisotopic (exact) mass is 305 g/mol. The maximum absolute atomic E-state index is 12.2. The fourth-order valence-corrected chi connectivity index (χ4v) is 3.11. The molecule has 1 fully saturated rings. The molecule has 3 rings (SSSR count). The predicted molar refractivity (Wildman–Crippen MR) is 84.6 cm³/mol. The number of carbonyl (C=O) groups is 1. The smallest absolute Gasteiger partial charge is 0.238 e. The van der Waals surface area contributed by atoms with Gasteiger partial charge in [0.25, 0.3) is 0 Å². The number of amides is 1. The topological polar surface area (TPSA) is 61.4 Å². The van der Waals surface area contributed by atoms with E-state index in [0.29, 0.717) is 6.54 Å². The van der Waals surface area contributed by atoms with Crippen LogP contribution in [0.4, 0.5) is 5.69 Å². The molecule has 2 aromatic rings. The zero-order valence-corrected chi connectivity index (χ0v) is 12.9. The van der Waals surface area contributed by atoms with Gasteiger partial charge in [-0.2, -0.15) is 8.75 Å². The Bertz CT molecular complexity index is 621. The lowest BCUT2D eigenvalue weighted by Crippen LogP contribution is -2.48. The van der Waals surface area contributed by atoms with Crippen molar-refractivity contribution in [3.8, 4) is 0 Å². The lowest BCUT2D eigenvalue weighted by molar-refractivity contribution is -0.117. The Labute approximate surface area is 128 Å². The molecule has 112 valence electrons. The molecule has 7 heteroatoms. The van der Waals surface area contributed by atoms with Crippen LogP contribution in [0, 0.1) is 0 Å². The van der Waals surface area contributed by atoms with Crippen molar-refractivity contribution in [3.05, 3.63) is 18.2 Å². The van der Waals surface area contributed by atoms with E-state index >= 15 is 0 Å². The molecule has 1 aromatic carbocycles. The molecule has 21 heavy (non-hydrogen) atoms. The third-order valence-corrected chi connectivity index (χ3v) is 4.38. The van der Waals surface area contributed by atoms with Gasteiger partial charge in [0.1, 0.15) is 11.0 Å². The van der Waals surface area contributed by atoms with E-state index in [-0.39, 0.29) is 5.91 Å². The van der Waals surface area contributed by atoms with Crippen LogP contribution in [0.25, 0.3) is 11.0 Å². The van der Waals surface area contributed by atoms with Gasteiger partial charge in [0.15, 0.2) is 0 Å². The number of aromatic nitrogens is 2. The first-order chi connectivity index (χ1) is 10.3. The molecular weight excluding hydrogens is 286 g/mol. The second kappa shape index (κ2) is 6.46. The quantitative estimate of drug-likeness (QED) is 0.921. The molecule has 6 nitrogen and oxygen atoms in total. The van der Waals surface area contributed by atoms with E-state index in [2.05, 4.69) is 30.8 Å². The predicted octanol–water partition coefficient (Wildman–Crippen LogP) is 1.27. The summed E-state index contributed by atoms with van der Waals surface area (Å²) in [6, 6.07) is 5.66. The minimum atomic E-state index is 0.0143. The van der Waals surface area contributed by atoms with Crippen molar-refractivity contribution in [3.63, 3.8) is 0 Å². The number of anilines is 1. The molecule has 0 spiro atoms. The summed E-state index contributed by atoms with van der Waals surface area (Å²) in [5.74, 6) is 0.0143. The molecule has 0 unspecified atom stereocenters. The van der Waals surface area contributed by atoms with Crippen LogP contribution in [0.15, 0.2) is 18.2 Å². The largest absolute Gasteiger partial charge is 0.323 e. The highest BCUT2D eigenvalue weighted by Gasteiger charge is 2.18. The molecular formula is C14H19N5OS. The van der Waals surface area contributed by atoms with E-state index in [4.69, 9.17) is 0 Å². The third kappa shape index (κ3) is 3.37. The van der Waals surface area contributed by atoms with Crippen molar-refractivity contribution in [2.75, 3.05) is 44.6 Å². The van der Waals surface area contributed by atoms with Crippen molar-refractivity contribution in [2.24, 2.45) is 0 Å². The number of piperazine rings is 1. The summed E-state index contributed by atoms with van der Waals surface area (Å²) in [7, 11) is 0. The van der Waals surface area contributed by atoms with Crippen molar-refractivity contribution < 1.29 is 4.79 Å². The average Bonchev–Trinajstić information content (AvgIpc) is 2.97. The summed E-state index contributed by atoms with van der Waals surface area (Å²) in [5, 5.41) is 2.95. The van der Waals surface area contributed by atoms with Gasteiger partial charge in [-0.05, 0) is 18.7 Å². The van der Waals surface area contributed by atoms with Crippen LogP contribution < -0.4 is 5.32 Å². The summed E-state index contributed by atoms with van der Waals surface area (Å²) in [6.07, 6.45) is 0. The van der Waals surface area contributed by atoms with E-state index in [9.17, 15) is 4.79 Å². The lowest BCUT2D eigenvalue weighted by Gasteiger charge is -2.33. The second-order valence-electron chi connectivity index (χ2n) is 5.20. The summed E-state index contributed by atoms with van der Waals surface area (Å²) < 4.78 is 8.42. The number of carbonyl (C=O) groups excluding carboxylic acids is 1. The summed E-state index contributed by atoms with van der Waals surface area (Å²) in [4.78, 5) is 16.8. The van der Waals surface area contributed by atoms with Crippen LogP contribution in [-0.2, 0) is 4.79 Å². The summed E-state index contributed by atoms with van der Waals surface area (Å²) in [5.41, 5.74) is 2.35. The van der Waals surface area contributed by atoms with Gasteiger partial charge in [-0.15, -0.1) is 0 Å². The standard InChI is InChI=1S/C14H19N5OS/c1-2-18-6-8-19(9-7-18)10-13(20)15-11-4-3-5-12-14(11)17-21-16-12/h3-5H,2,6-10H2,1H3,(H,15,20). The third-order valence-electron chi connectivity index (χ3n) is 3.84. The first-order valence-electron chi connectivity index (χ1n) is 7.22. The number of nitrogens with one attached hydrogen (secondary N) is 1. The SMILES string of the molecule is CCN1CCN(CC(=O)Nc2cccc3nsnc23)CC1. The molecule has 1 aromatic heterocycles. The second-order valence-corrected chi connectivity index (χ2v) is 5.72. The molecule has 0 radical (unpaired) electrons. The Balaban J connectivity index is 1.58. The lowest BCUT2D eigenvalue weighted by atomic mass is 10.2. The first kappa shape index (κ1) is 14.4. The Morgan fingerprint density at radius 1 is 1.24 bits per heavy atom. The van der Waals surface area contributed by atoms with E-state index < -0.39 is 0 Å². The molecule has 0 bridgehead atoms. The highest BCUT2D eigenvalue weighted by molar-refractivity contribution is 7.00. The van der Waals surface area contributed by atoms with E-state index in [0.717, 1.165) is 49.4 Å². The van der Waals surface area contributed by atoms with Crippen LogP contribution in [0.2, 0.25) is 0 Å². The maximum Gasteiger partial charge on any atom is 0.238 e. The van der Waals surface area contributed by atoms with Crippen LogP contribution in [-0.4, -0.2) is 63.7 Å². The molecule has 0 atom stereocenters. The average molecular weight is 305 g/mol. The van der Waals surface area contributed by atoms with Crippen LogP contribution in [0.5, 0.6) is 0 Å². The maximum atomic E-state index is 12.2. The number of likely N-dealkylation sites (N-methyl/N-ethyl adjacent to an activating group) is 1. The number of rotatable bonds is 4. The fraction of sp³-hybridized carbons (Fsp3) is 0.500. The Morgan fingerprint density at radius 3 is 2.76 bits per heavy atom. The van der Waals surface area contributed by atoms with Crippen molar-refractivity contribution >= 4 is 34.4 Å². The molecule has 1 aliphatic heterocycles. The zero-order chi connectivity index (χ0) is 14.7. The van der Waals surface area contributed by atoms with Crippen LogP contribution in [0.1, 0.15) is 6.92 Å². The molecule has 0 saturated carbocycles. The van der Waals surface area contributed by atoms with Gasteiger partial charge in [0.05, 0.1) is 24.0 Å². The number of hydrogen-bond acceptors (Lipinski definition) is 6. The fourth-order valence-electron chi connectivity index (χ4n) is 2.56.